The van der Waals surface area contributed by atoms with Crippen LogP contribution in [-0.2, 0) is 11.3 Å². The molecule has 0 unspecified atom stereocenters. The van der Waals surface area contributed by atoms with Crippen molar-refractivity contribution in [3.05, 3.63) is 35.9 Å². The quantitative estimate of drug-likeness (QED) is 0.695. The van der Waals surface area contributed by atoms with Crippen LogP contribution in [0.3, 0.4) is 0 Å². The van der Waals surface area contributed by atoms with E-state index in [-0.39, 0.29) is 18.8 Å². The number of nitrogens with two attached hydrogens (primary N) is 1. The van der Waals surface area contributed by atoms with Crippen LogP contribution in [0.2, 0.25) is 0 Å². The fourth-order valence-corrected chi connectivity index (χ4v) is 1.45. The minimum absolute atomic E-state index is 0.0417. The van der Waals surface area contributed by atoms with Crippen LogP contribution in [0.25, 0.3) is 0 Å². The minimum Gasteiger partial charge on any atom is -0.449 e. The molecule has 0 spiro atoms. The number of rotatable bonds is 2. The summed E-state index contributed by atoms with van der Waals surface area (Å²) in [5, 5.41) is 11.8. The van der Waals surface area contributed by atoms with Crippen molar-refractivity contribution in [1.29, 1.82) is 0 Å². The zero-order chi connectivity index (χ0) is 13.4. The number of ether oxygens (including phenoxy) is 1. The van der Waals surface area contributed by atoms with E-state index in [1.165, 1.54) is 0 Å². The maximum atomic E-state index is 10.2. The molecular formula is C12H17ClN2O3. The Morgan fingerprint density at radius 3 is 2.50 bits per heavy atom. The van der Waals surface area contributed by atoms with E-state index in [4.69, 9.17) is 22.4 Å². The third-order valence-electron chi connectivity index (χ3n) is 2.42. The van der Waals surface area contributed by atoms with Crippen LogP contribution in [0.1, 0.15) is 5.56 Å². The van der Waals surface area contributed by atoms with Crippen LogP contribution < -0.4 is 11.1 Å². The first-order valence-electron chi connectivity index (χ1n) is 5.60. The van der Waals surface area contributed by atoms with Crippen molar-refractivity contribution < 1.29 is 14.6 Å². The van der Waals surface area contributed by atoms with Gasteiger partial charge in [0.25, 0.3) is 0 Å². The summed E-state index contributed by atoms with van der Waals surface area (Å²) in [6.07, 6.45) is -0.319. The van der Waals surface area contributed by atoms with Crippen molar-refractivity contribution in [3.63, 3.8) is 0 Å². The van der Waals surface area contributed by atoms with E-state index >= 15 is 0 Å². The monoisotopic (exact) mass is 272 g/mol. The van der Waals surface area contributed by atoms with Gasteiger partial charge in [-0.3, -0.25) is 0 Å². The molecule has 1 aromatic carbocycles. The summed E-state index contributed by atoms with van der Waals surface area (Å²) in [5.74, 6) is 0. The van der Waals surface area contributed by atoms with E-state index < -0.39 is 5.43 Å². The minimum atomic E-state index is -0.770. The highest BCUT2D eigenvalue weighted by molar-refractivity contribution is 6.61. The molecule has 1 aromatic rings. The number of benzene rings is 1. The van der Waals surface area contributed by atoms with E-state index in [2.05, 4.69) is 10.1 Å². The van der Waals surface area contributed by atoms with E-state index in [1.807, 2.05) is 30.3 Å². The van der Waals surface area contributed by atoms with Crippen LogP contribution in [0.4, 0.5) is 4.79 Å². The molecule has 4 N–H and O–H groups in total. The predicted octanol–water partition coefficient (Wildman–Crippen LogP) is 0.840. The lowest BCUT2D eigenvalue weighted by Gasteiger charge is -2.02. The molecule has 0 aliphatic carbocycles. The summed E-state index contributed by atoms with van der Waals surface area (Å²) in [7, 11) is 0. The van der Waals surface area contributed by atoms with E-state index in [0.29, 0.717) is 6.54 Å². The largest absolute Gasteiger partial charge is 0.449 e. The molecule has 0 saturated carbocycles. The molecule has 18 heavy (non-hydrogen) atoms. The maximum absolute atomic E-state index is 10.2. The van der Waals surface area contributed by atoms with Gasteiger partial charge in [0.15, 0.2) is 0 Å². The molecular weight excluding hydrogens is 256 g/mol. The number of nitrogens with one attached hydrogen (secondary N) is 1. The van der Waals surface area contributed by atoms with Crippen LogP contribution in [0, 0.1) is 0 Å². The SMILES string of the molecule is N[C@@H]1CNC[C@H]1O.O=C(Cl)OCc1ccccc1. The van der Waals surface area contributed by atoms with Crippen LogP contribution in [0.5, 0.6) is 0 Å². The van der Waals surface area contributed by atoms with Gasteiger partial charge in [-0.2, -0.15) is 0 Å². The fraction of sp³-hybridized carbons (Fsp3) is 0.417. The Kier molecular flexibility index (Phi) is 6.67. The van der Waals surface area contributed by atoms with Crippen molar-refractivity contribution in [2.75, 3.05) is 13.1 Å². The third-order valence-corrected chi connectivity index (χ3v) is 2.53. The number of hydrogen-bond donors (Lipinski definition) is 3. The molecule has 1 aliphatic heterocycles. The van der Waals surface area contributed by atoms with Gasteiger partial charge in [-0.1, -0.05) is 30.3 Å². The smallest absolute Gasteiger partial charge is 0.404 e. The lowest BCUT2D eigenvalue weighted by molar-refractivity contribution is 0.167. The van der Waals surface area contributed by atoms with E-state index in [0.717, 1.165) is 12.1 Å². The Morgan fingerprint density at radius 1 is 1.44 bits per heavy atom. The molecule has 1 aliphatic rings. The Morgan fingerprint density at radius 2 is 2.11 bits per heavy atom. The van der Waals surface area contributed by atoms with Crippen molar-refractivity contribution in [3.8, 4) is 0 Å². The predicted molar refractivity (Wildman–Crippen MR) is 69.3 cm³/mol. The first-order chi connectivity index (χ1) is 8.59. The molecule has 100 valence electrons. The second-order valence-corrected chi connectivity index (χ2v) is 4.21. The average Bonchev–Trinajstić information content (AvgIpc) is 2.73. The van der Waals surface area contributed by atoms with E-state index in [1.54, 1.807) is 0 Å². The second kappa shape index (κ2) is 8.05. The molecule has 0 radical (unpaired) electrons. The lowest BCUT2D eigenvalue weighted by Crippen LogP contribution is -2.32. The zero-order valence-corrected chi connectivity index (χ0v) is 10.6. The highest BCUT2D eigenvalue weighted by atomic mass is 35.5. The Labute approximate surface area is 111 Å². The van der Waals surface area contributed by atoms with Gasteiger partial charge in [0.2, 0.25) is 0 Å². The summed E-state index contributed by atoms with van der Waals surface area (Å²) >= 11 is 4.97. The summed E-state index contributed by atoms with van der Waals surface area (Å²) in [4.78, 5) is 10.2. The van der Waals surface area contributed by atoms with Crippen molar-refractivity contribution in [1.82, 2.24) is 5.32 Å². The first-order valence-corrected chi connectivity index (χ1v) is 5.98. The molecule has 2 atom stereocenters. The van der Waals surface area contributed by atoms with E-state index in [9.17, 15) is 4.79 Å². The molecule has 1 saturated heterocycles. The Hall–Kier alpha value is -1.14. The van der Waals surface area contributed by atoms with Gasteiger partial charge in [0, 0.05) is 30.7 Å². The molecule has 0 aromatic heterocycles. The summed E-state index contributed by atoms with van der Waals surface area (Å²) in [6, 6.07) is 9.32. The first kappa shape index (κ1) is 14.9. The van der Waals surface area contributed by atoms with Gasteiger partial charge in [0.05, 0.1) is 6.10 Å². The zero-order valence-electron chi connectivity index (χ0n) is 9.88. The van der Waals surface area contributed by atoms with Crippen LogP contribution in [0.15, 0.2) is 30.3 Å². The van der Waals surface area contributed by atoms with Gasteiger partial charge in [-0.15, -0.1) is 0 Å². The average molecular weight is 273 g/mol. The third kappa shape index (κ3) is 5.97. The molecule has 5 nitrogen and oxygen atoms in total. The van der Waals surface area contributed by atoms with Crippen molar-refractivity contribution in [2.45, 2.75) is 18.8 Å². The van der Waals surface area contributed by atoms with Gasteiger partial charge in [0.1, 0.15) is 6.61 Å². The van der Waals surface area contributed by atoms with Gasteiger partial charge in [-0.05, 0) is 5.56 Å². The Bertz CT molecular complexity index is 354. The van der Waals surface area contributed by atoms with Gasteiger partial charge < -0.3 is 20.9 Å². The number of aliphatic hydroxyl groups is 1. The maximum Gasteiger partial charge on any atom is 0.404 e. The summed E-state index contributed by atoms with van der Waals surface area (Å²) in [5.41, 5.74) is 5.53. The Balaban J connectivity index is 0.000000199. The number of aliphatic hydroxyl groups excluding tert-OH is 1. The van der Waals surface area contributed by atoms with Gasteiger partial charge in [-0.25, -0.2) is 4.79 Å². The lowest BCUT2D eigenvalue weighted by atomic mass is 10.2. The number of halogens is 1. The normalized spacial score (nSPS) is 21.9. The number of carbonyl (C=O) groups excluding carboxylic acids is 1. The van der Waals surface area contributed by atoms with Crippen LogP contribution in [-0.4, -0.2) is 35.8 Å². The van der Waals surface area contributed by atoms with Crippen molar-refractivity contribution in [2.24, 2.45) is 5.73 Å². The topological polar surface area (TPSA) is 84.6 Å². The fourth-order valence-electron chi connectivity index (χ4n) is 1.40. The molecule has 0 bridgehead atoms. The second-order valence-electron chi connectivity index (χ2n) is 3.90. The molecule has 2 rings (SSSR count). The highest BCUT2D eigenvalue weighted by Gasteiger charge is 2.19. The summed E-state index contributed by atoms with van der Waals surface area (Å²) < 4.78 is 4.55. The number of carbonyl (C=O) groups is 1. The highest BCUT2D eigenvalue weighted by Crippen LogP contribution is 2.01. The molecule has 1 heterocycles. The summed E-state index contributed by atoms with van der Waals surface area (Å²) in [6.45, 7) is 1.64. The standard InChI is InChI=1S/C8H7ClO2.C4H10N2O/c9-8(10)11-6-7-4-2-1-3-5-7;5-3-1-6-2-4(3)7/h1-5H,6H2;3-4,6-7H,1-2,5H2/t;3-,4-/m.1/s1. The molecule has 1 fully saturated rings. The number of hydrogen-bond acceptors (Lipinski definition) is 5. The molecule has 6 heteroatoms. The van der Waals surface area contributed by atoms with Crippen LogP contribution >= 0.6 is 11.6 Å². The van der Waals surface area contributed by atoms with Gasteiger partial charge >= 0.3 is 5.43 Å². The number of β-amino-alcohol motifs (C(OH)–C–C–N with tert-alkyl or cyclic N) is 1. The van der Waals surface area contributed by atoms with Crippen molar-refractivity contribution >= 4 is 17.0 Å². The molecule has 0 amide bonds.